The highest BCUT2D eigenvalue weighted by atomic mass is 16.5. The third-order valence-electron chi connectivity index (χ3n) is 3.87. The average Bonchev–Trinajstić information content (AvgIpc) is 2.63. The average molecular weight is 355 g/mol. The molecule has 0 atom stereocenters. The van der Waals surface area contributed by atoms with Crippen LogP contribution < -0.4 is 9.47 Å². The highest BCUT2D eigenvalue weighted by Crippen LogP contribution is 2.19. The summed E-state index contributed by atoms with van der Waals surface area (Å²) >= 11 is 0. The Morgan fingerprint density at radius 1 is 1.15 bits per heavy atom. The molecule has 5 heteroatoms. The fourth-order valence-corrected chi connectivity index (χ4v) is 2.48. The molecule has 1 aromatic carbocycles. The van der Waals surface area contributed by atoms with E-state index in [-0.39, 0.29) is 6.42 Å². The van der Waals surface area contributed by atoms with Gasteiger partial charge >= 0.3 is 5.97 Å². The summed E-state index contributed by atoms with van der Waals surface area (Å²) < 4.78 is 11.0. The van der Waals surface area contributed by atoms with E-state index in [0.29, 0.717) is 18.1 Å². The molecule has 138 valence electrons. The Hall–Kier alpha value is -2.82. The molecule has 1 heterocycles. The molecule has 2 rings (SSSR count). The second kappa shape index (κ2) is 10.2. The highest BCUT2D eigenvalue weighted by Gasteiger charge is 2.04. The van der Waals surface area contributed by atoms with Crippen LogP contribution in [0.25, 0.3) is 6.08 Å². The lowest BCUT2D eigenvalue weighted by Gasteiger charge is -2.09. The van der Waals surface area contributed by atoms with Crippen LogP contribution in [0, 0.1) is 6.92 Å². The molecule has 0 aliphatic rings. The number of methoxy groups -OCH3 is 1. The summed E-state index contributed by atoms with van der Waals surface area (Å²) in [5, 5.41) is 8.73. The van der Waals surface area contributed by atoms with Gasteiger partial charge in [0, 0.05) is 5.69 Å². The molecule has 2 aromatic rings. The summed E-state index contributed by atoms with van der Waals surface area (Å²) in [6, 6.07) is 11.9. The molecule has 0 amide bonds. The molecule has 0 saturated carbocycles. The van der Waals surface area contributed by atoms with Crippen molar-refractivity contribution in [2.45, 2.75) is 32.6 Å². The maximum Gasteiger partial charge on any atom is 0.307 e. The molecule has 0 aliphatic heterocycles. The fourth-order valence-electron chi connectivity index (χ4n) is 2.48. The molecule has 0 spiro atoms. The molecule has 1 N–H and O–H groups in total. The van der Waals surface area contributed by atoms with Gasteiger partial charge in [-0.1, -0.05) is 18.2 Å². The van der Waals surface area contributed by atoms with Crippen LogP contribution in [-0.2, 0) is 11.2 Å². The van der Waals surface area contributed by atoms with Gasteiger partial charge in [0.1, 0.15) is 17.2 Å². The summed E-state index contributed by atoms with van der Waals surface area (Å²) in [6.07, 6.45) is 6.20. The van der Waals surface area contributed by atoms with Crippen molar-refractivity contribution in [3.05, 3.63) is 59.4 Å². The number of carboxylic acids is 1. The normalized spacial score (nSPS) is 10.8. The van der Waals surface area contributed by atoms with E-state index in [9.17, 15) is 4.79 Å². The highest BCUT2D eigenvalue weighted by molar-refractivity contribution is 5.70. The van der Waals surface area contributed by atoms with E-state index >= 15 is 0 Å². The van der Waals surface area contributed by atoms with Gasteiger partial charge in [-0.05, 0) is 62.1 Å². The number of aliphatic carboxylic acids is 1. The Balaban J connectivity index is 1.81. The molecule has 1 aromatic heterocycles. The summed E-state index contributed by atoms with van der Waals surface area (Å²) in [5.74, 6) is 0.684. The number of carboxylic acid groups (broad SMARTS) is 1. The molecule has 26 heavy (non-hydrogen) atoms. The van der Waals surface area contributed by atoms with E-state index < -0.39 is 5.97 Å². The van der Waals surface area contributed by atoms with Crippen molar-refractivity contribution >= 4 is 12.0 Å². The molecule has 0 bridgehead atoms. The number of unbranched alkanes of at least 4 members (excludes halogenated alkanes) is 1. The van der Waals surface area contributed by atoms with Gasteiger partial charge in [0.2, 0.25) is 0 Å². The number of rotatable bonds is 10. The molecular weight excluding hydrogens is 330 g/mol. The van der Waals surface area contributed by atoms with Gasteiger partial charge in [0.05, 0.1) is 20.1 Å². The number of nitrogens with zero attached hydrogens (tertiary/aromatic N) is 1. The van der Waals surface area contributed by atoms with Crippen molar-refractivity contribution in [2.75, 3.05) is 13.7 Å². The first kappa shape index (κ1) is 19.5. The summed E-state index contributed by atoms with van der Waals surface area (Å²) in [5.41, 5.74) is 2.81. The van der Waals surface area contributed by atoms with Gasteiger partial charge in [0.15, 0.2) is 0 Å². The van der Waals surface area contributed by atoms with Crippen LogP contribution in [0.15, 0.2) is 42.5 Å². The summed E-state index contributed by atoms with van der Waals surface area (Å²) in [4.78, 5) is 15.0. The van der Waals surface area contributed by atoms with Gasteiger partial charge in [0.25, 0.3) is 0 Å². The molecule has 0 aliphatic carbocycles. The first-order valence-corrected chi connectivity index (χ1v) is 8.70. The number of aromatic nitrogens is 1. The fraction of sp³-hybridized carbons (Fsp3) is 0.333. The second-order valence-corrected chi connectivity index (χ2v) is 5.99. The SMILES string of the molecule is COc1ccc(CCCCOc2ccc(C)nc2C=CCC(=O)O)cc1. The Labute approximate surface area is 154 Å². The molecule has 0 saturated heterocycles. The molecule has 0 unspecified atom stereocenters. The first-order valence-electron chi connectivity index (χ1n) is 8.70. The van der Waals surface area contributed by atoms with Gasteiger partial charge in [-0.3, -0.25) is 4.79 Å². The van der Waals surface area contributed by atoms with Gasteiger partial charge in [-0.2, -0.15) is 0 Å². The topological polar surface area (TPSA) is 68.7 Å². The maximum atomic E-state index is 10.6. The van der Waals surface area contributed by atoms with Gasteiger partial charge in [-0.15, -0.1) is 0 Å². The van der Waals surface area contributed by atoms with Crippen LogP contribution in [0.5, 0.6) is 11.5 Å². The number of pyridine rings is 1. The maximum absolute atomic E-state index is 10.6. The van der Waals surface area contributed by atoms with Crippen LogP contribution >= 0.6 is 0 Å². The van der Waals surface area contributed by atoms with Crippen LogP contribution in [0.4, 0.5) is 0 Å². The molecule has 0 fully saturated rings. The lowest BCUT2D eigenvalue weighted by molar-refractivity contribution is -0.135. The lowest BCUT2D eigenvalue weighted by Crippen LogP contribution is -2.01. The van der Waals surface area contributed by atoms with Crippen molar-refractivity contribution in [1.82, 2.24) is 4.98 Å². The minimum absolute atomic E-state index is 0.0308. The van der Waals surface area contributed by atoms with E-state index in [1.165, 1.54) is 5.56 Å². The summed E-state index contributed by atoms with van der Waals surface area (Å²) in [6.45, 7) is 2.49. The number of hydrogen-bond acceptors (Lipinski definition) is 4. The van der Waals surface area contributed by atoms with E-state index in [4.69, 9.17) is 14.6 Å². The lowest BCUT2D eigenvalue weighted by atomic mass is 10.1. The number of ether oxygens (including phenoxy) is 2. The minimum Gasteiger partial charge on any atom is -0.497 e. The van der Waals surface area contributed by atoms with Crippen molar-refractivity contribution < 1.29 is 19.4 Å². The van der Waals surface area contributed by atoms with Crippen LogP contribution in [0.3, 0.4) is 0 Å². The van der Waals surface area contributed by atoms with Gasteiger partial charge < -0.3 is 14.6 Å². The zero-order chi connectivity index (χ0) is 18.8. The van der Waals surface area contributed by atoms with E-state index in [2.05, 4.69) is 17.1 Å². The van der Waals surface area contributed by atoms with Crippen molar-refractivity contribution in [1.29, 1.82) is 0 Å². The third kappa shape index (κ3) is 6.59. The zero-order valence-corrected chi connectivity index (χ0v) is 15.3. The number of hydrogen-bond donors (Lipinski definition) is 1. The standard InChI is InChI=1S/C21H25NO4/c1-16-9-14-20(19(22-16)7-5-8-21(23)24)26-15-4-3-6-17-10-12-18(25-2)13-11-17/h5,7,9-14H,3-4,6,8,15H2,1-2H3,(H,23,24). The Morgan fingerprint density at radius 3 is 2.62 bits per heavy atom. The van der Waals surface area contributed by atoms with Crippen LogP contribution in [0.2, 0.25) is 0 Å². The predicted molar refractivity (Wildman–Crippen MR) is 102 cm³/mol. The third-order valence-corrected chi connectivity index (χ3v) is 3.87. The quantitative estimate of drug-likeness (QED) is 0.644. The van der Waals surface area contributed by atoms with Crippen molar-refractivity contribution in [3.63, 3.8) is 0 Å². The number of carbonyl (C=O) groups is 1. The first-order chi connectivity index (χ1) is 12.6. The van der Waals surface area contributed by atoms with Crippen LogP contribution in [0.1, 0.15) is 36.2 Å². The number of benzene rings is 1. The summed E-state index contributed by atoms with van der Waals surface area (Å²) in [7, 11) is 1.66. The largest absolute Gasteiger partial charge is 0.497 e. The molecule has 5 nitrogen and oxygen atoms in total. The Bertz CT molecular complexity index is 738. The smallest absolute Gasteiger partial charge is 0.307 e. The number of aryl methyl sites for hydroxylation is 2. The van der Waals surface area contributed by atoms with Crippen LogP contribution in [-0.4, -0.2) is 29.8 Å². The van der Waals surface area contributed by atoms with Crippen molar-refractivity contribution in [3.8, 4) is 11.5 Å². The minimum atomic E-state index is -0.866. The monoisotopic (exact) mass is 355 g/mol. The second-order valence-electron chi connectivity index (χ2n) is 5.99. The predicted octanol–water partition coefficient (Wildman–Crippen LogP) is 4.29. The molecular formula is C21H25NO4. The Kier molecular flexibility index (Phi) is 7.68. The van der Waals surface area contributed by atoms with E-state index in [1.807, 2.05) is 31.2 Å². The van der Waals surface area contributed by atoms with Crippen molar-refractivity contribution in [2.24, 2.45) is 0 Å². The van der Waals surface area contributed by atoms with E-state index in [1.54, 1.807) is 19.3 Å². The van der Waals surface area contributed by atoms with Gasteiger partial charge in [-0.25, -0.2) is 4.98 Å². The van der Waals surface area contributed by atoms with E-state index in [0.717, 1.165) is 30.7 Å². The zero-order valence-electron chi connectivity index (χ0n) is 15.3. The Morgan fingerprint density at radius 2 is 1.92 bits per heavy atom. The molecule has 0 radical (unpaired) electrons.